The van der Waals surface area contributed by atoms with Crippen LogP contribution in [0, 0.1) is 11.7 Å². The molecule has 2 aliphatic heterocycles. The first-order chi connectivity index (χ1) is 17.6. The van der Waals surface area contributed by atoms with Crippen LogP contribution in [-0.2, 0) is 34.1 Å². The standard InChI is InChI=1S/C27H29F4N3O3/c28-21-3-1-2-19(13-21)26(8-4-22(14-26)33-9-5-17(6-10-33)24(35)36)25(37)34-11-7-23-18(16-34)12-20(15-32-23)27(29,30)31/h1-3,12-13,15,17,22H,4-11,14,16H2,(H,35,36). The highest BCUT2D eigenvalue weighted by Gasteiger charge is 2.50. The number of carboxylic acids is 1. The van der Waals surface area contributed by atoms with Gasteiger partial charge in [-0.1, -0.05) is 12.1 Å². The van der Waals surface area contributed by atoms with Crippen LogP contribution in [0.1, 0.15) is 54.5 Å². The van der Waals surface area contributed by atoms with E-state index in [4.69, 9.17) is 0 Å². The van der Waals surface area contributed by atoms with Crippen molar-refractivity contribution in [3.63, 3.8) is 0 Å². The molecule has 0 spiro atoms. The molecular weight excluding hydrogens is 490 g/mol. The van der Waals surface area contributed by atoms with Gasteiger partial charge in [0.15, 0.2) is 0 Å². The van der Waals surface area contributed by atoms with Crippen LogP contribution in [0.2, 0.25) is 0 Å². The number of piperidine rings is 1. The summed E-state index contributed by atoms with van der Waals surface area (Å²) in [5.74, 6) is -1.80. The molecule has 2 aromatic rings. The zero-order chi connectivity index (χ0) is 26.4. The molecule has 0 radical (unpaired) electrons. The van der Waals surface area contributed by atoms with E-state index in [1.165, 1.54) is 12.1 Å². The molecule has 10 heteroatoms. The fourth-order valence-electron chi connectivity index (χ4n) is 6.27. The van der Waals surface area contributed by atoms with Gasteiger partial charge in [-0.2, -0.15) is 13.2 Å². The summed E-state index contributed by atoms with van der Waals surface area (Å²) >= 11 is 0. The van der Waals surface area contributed by atoms with E-state index in [1.54, 1.807) is 17.0 Å². The molecule has 198 valence electrons. The Labute approximate surface area is 212 Å². The van der Waals surface area contributed by atoms with Gasteiger partial charge in [-0.05, 0) is 74.5 Å². The molecule has 37 heavy (non-hydrogen) atoms. The van der Waals surface area contributed by atoms with Crippen LogP contribution in [0.25, 0.3) is 0 Å². The highest BCUT2D eigenvalue weighted by atomic mass is 19.4. The minimum absolute atomic E-state index is 0.0246. The Morgan fingerprint density at radius 3 is 2.51 bits per heavy atom. The molecule has 1 aromatic heterocycles. The van der Waals surface area contributed by atoms with Gasteiger partial charge >= 0.3 is 12.1 Å². The van der Waals surface area contributed by atoms with E-state index in [-0.39, 0.29) is 24.4 Å². The molecule has 2 atom stereocenters. The summed E-state index contributed by atoms with van der Waals surface area (Å²) in [6.07, 6.45) is -0.604. The molecule has 3 aliphatic rings. The van der Waals surface area contributed by atoms with Crippen LogP contribution >= 0.6 is 0 Å². The van der Waals surface area contributed by atoms with E-state index < -0.39 is 28.9 Å². The average Bonchev–Trinajstić information content (AvgIpc) is 3.34. The van der Waals surface area contributed by atoms with Crippen molar-refractivity contribution >= 4 is 11.9 Å². The normalized spacial score (nSPS) is 25.2. The summed E-state index contributed by atoms with van der Waals surface area (Å²) in [6.45, 7) is 1.60. The lowest BCUT2D eigenvalue weighted by Crippen LogP contribution is -2.49. The van der Waals surface area contributed by atoms with Gasteiger partial charge < -0.3 is 14.9 Å². The van der Waals surface area contributed by atoms with Crippen LogP contribution in [0.4, 0.5) is 17.6 Å². The van der Waals surface area contributed by atoms with Crippen LogP contribution in [-0.4, -0.2) is 57.4 Å². The number of carbonyl (C=O) groups excluding carboxylic acids is 1. The molecule has 1 saturated carbocycles. The van der Waals surface area contributed by atoms with Gasteiger partial charge in [-0.25, -0.2) is 4.39 Å². The zero-order valence-electron chi connectivity index (χ0n) is 20.3. The average molecular weight is 520 g/mol. The van der Waals surface area contributed by atoms with Crippen molar-refractivity contribution < 1.29 is 32.3 Å². The highest BCUT2D eigenvalue weighted by Crippen LogP contribution is 2.46. The van der Waals surface area contributed by atoms with Gasteiger partial charge in [-0.15, -0.1) is 0 Å². The Morgan fingerprint density at radius 1 is 1.08 bits per heavy atom. The van der Waals surface area contributed by atoms with Gasteiger partial charge in [-0.3, -0.25) is 14.6 Å². The molecule has 3 heterocycles. The quantitative estimate of drug-likeness (QED) is 0.606. The number of aromatic nitrogens is 1. The van der Waals surface area contributed by atoms with Crippen molar-refractivity contribution in [3.05, 3.63) is 64.7 Å². The minimum Gasteiger partial charge on any atom is -0.481 e. The number of nitrogens with zero attached hydrogens (tertiary/aromatic N) is 3. The van der Waals surface area contributed by atoms with E-state index >= 15 is 0 Å². The van der Waals surface area contributed by atoms with Crippen molar-refractivity contribution in [3.8, 4) is 0 Å². The molecule has 0 bridgehead atoms. The van der Waals surface area contributed by atoms with Gasteiger partial charge in [0.2, 0.25) is 5.91 Å². The van der Waals surface area contributed by atoms with Crippen LogP contribution < -0.4 is 0 Å². The molecule has 2 fully saturated rings. The first-order valence-electron chi connectivity index (χ1n) is 12.6. The van der Waals surface area contributed by atoms with Crippen LogP contribution in [0.5, 0.6) is 0 Å². The SMILES string of the molecule is O=C(O)C1CCN(C2CCC(C(=O)N3CCc4ncc(C(F)(F)F)cc4C3)(c3cccc(F)c3)C2)CC1. The number of alkyl halides is 3. The minimum atomic E-state index is -4.52. The maximum absolute atomic E-state index is 14.3. The van der Waals surface area contributed by atoms with E-state index in [0.717, 1.165) is 12.3 Å². The van der Waals surface area contributed by atoms with E-state index in [9.17, 15) is 32.3 Å². The molecule has 1 aromatic carbocycles. The second kappa shape index (κ2) is 9.70. The number of pyridine rings is 1. The van der Waals surface area contributed by atoms with Gasteiger partial charge in [0.1, 0.15) is 5.82 Å². The summed E-state index contributed by atoms with van der Waals surface area (Å²) < 4.78 is 54.1. The number of amides is 1. The molecule has 5 rings (SSSR count). The largest absolute Gasteiger partial charge is 0.481 e. The third-order valence-corrected chi connectivity index (χ3v) is 8.32. The Kier molecular flexibility index (Phi) is 6.72. The van der Waals surface area contributed by atoms with Crippen molar-refractivity contribution in [2.75, 3.05) is 19.6 Å². The monoisotopic (exact) mass is 519 g/mol. The van der Waals surface area contributed by atoms with Gasteiger partial charge in [0.05, 0.1) is 16.9 Å². The first kappa shape index (κ1) is 25.6. The number of halogens is 4. The summed E-state index contributed by atoms with van der Waals surface area (Å²) in [6, 6.07) is 7.15. The first-order valence-corrected chi connectivity index (χ1v) is 12.6. The predicted octanol–water partition coefficient (Wildman–Crippen LogP) is 4.41. The predicted molar refractivity (Wildman–Crippen MR) is 126 cm³/mol. The maximum atomic E-state index is 14.3. The fourth-order valence-corrected chi connectivity index (χ4v) is 6.27. The number of fused-ring (bicyclic) bond motifs is 1. The lowest BCUT2D eigenvalue weighted by molar-refractivity contribution is -0.143. The number of hydrogen-bond acceptors (Lipinski definition) is 4. The van der Waals surface area contributed by atoms with Gasteiger partial charge in [0, 0.05) is 37.4 Å². The van der Waals surface area contributed by atoms with E-state index in [2.05, 4.69) is 9.88 Å². The number of rotatable bonds is 4. The molecule has 1 N–H and O–H groups in total. The number of hydrogen-bond donors (Lipinski definition) is 1. The lowest BCUT2D eigenvalue weighted by atomic mass is 9.76. The molecular formula is C27H29F4N3O3. The molecule has 1 amide bonds. The third kappa shape index (κ3) is 4.95. The van der Waals surface area contributed by atoms with E-state index in [1.807, 2.05) is 0 Å². The topological polar surface area (TPSA) is 73.7 Å². The van der Waals surface area contributed by atoms with Crippen molar-refractivity contribution in [1.82, 2.24) is 14.8 Å². The van der Waals surface area contributed by atoms with Crippen molar-refractivity contribution in [2.24, 2.45) is 5.92 Å². The Hall–Kier alpha value is -3.01. The summed E-state index contributed by atoms with van der Waals surface area (Å²) in [7, 11) is 0. The van der Waals surface area contributed by atoms with Crippen molar-refractivity contribution in [1.29, 1.82) is 0 Å². The summed E-state index contributed by atoms with van der Waals surface area (Å²) in [5.41, 5.74) is -0.320. The number of carbonyl (C=O) groups is 2. The summed E-state index contributed by atoms with van der Waals surface area (Å²) in [4.78, 5) is 33.3. The third-order valence-electron chi connectivity index (χ3n) is 8.32. The number of aliphatic carboxylic acids is 1. The van der Waals surface area contributed by atoms with Crippen LogP contribution in [0.3, 0.4) is 0 Å². The van der Waals surface area contributed by atoms with Crippen LogP contribution in [0.15, 0.2) is 36.5 Å². The lowest BCUT2D eigenvalue weighted by Gasteiger charge is -2.39. The van der Waals surface area contributed by atoms with Gasteiger partial charge in [0.25, 0.3) is 0 Å². The Bertz CT molecular complexity index is 1200. The van der Waals surface area contributed by atoms with Crippen molar-refractivity contribution in [2.45, 2.75) is 62.7 Å². The molecule has 1 aliphatic carbocycles. The highest BCUT2D eigenvalue weighted by molar-refractivity contribution is 5.89. The molecule has 6 nitrogen and oxygen atoms in total. The smallest absolute Gasteiger partial charge is 0.417 e. The fraction of sp³-hybridized carbons (Fsp3) is 0.519. The molecule has 2 unspecified atom stereocenters. The number of likely N-dealkylation sites (tertiary alicyclic amines) is 1. The number of benzene rings is 1. The Morgan fingerprint density at radius 2 is 1.84 bits per heavy atom. The van der Waals surface area contributed by atoms with E-state index in [0.29, 0.717) is 75.0 Å². The Balaban J connectivity index is 1.41. The second-order valence-electron chi connectivity index (χ2n) is 10.4. The second-order valence-corrected chi connectivity index (χ2v) is 10.4. The number of carboxylic acid groups (broad SMARTS) is 1. The zero-order valence-corrected chi connectivity index (χ0v) is 20.3. The maximum Gasteiger partial charge on any atom is 0.417 e. The molecule has 1 saturated heterocycles. The summed E-state index contributed by atoms with van der Waals surface area (Å²) in [5, 5.41) is 9.32.